The number of ether oxygens (including phenoxy) is 1. The summed E-state index contributed by atoms with van der Waals surface area (Å²) in [5.41, 5.74) is 1.11. The molecule has 142 valence electrons. The number of hydrogen-bond donors (Lipinski definition) is 2. The number of hydrogen-bond acceptors (Lipinski definition) is 3. The molecule has 1 aromatic rings. The van der Waals surface area contributed by atoms with Crippen LogP contribution in [0.3, 0.4) is 0 Å². The van der Waals surface area contributed by atoms with Crippen molar-refractivity contribution >= 4 is 5.96 Å². The number of nitrogens with one attached hydrogen (secondary N) is 2. The monoisotopic (exact) mass is 349 g/mol. The molecule has 0 unspecified atom stereocenters. The van der Waals surface area contributed by atoms with Crippen molar-refractivity contribution < 1.29 is 4.74 Å². The lowest BCUT2D eigenvalue weighted by Gasteiger charge is -2.21. The summed E-state index contributed by atoms with van der Waals surface area (Å²) in [5, 5.41) is 10.9. The Morgan fingerprint density at radius 2 is 2.08 bits per heavy atom. The molecule has 6 heteroatoms. The summed E-state index contributed by atoms with van der Waals surface area (Å²) >= 11 is 0. The fraction of sp³-hybridized carbons (Fsp3) is 0.789. The van der Waals surface area contributed by atoms with Gasteiger partial charge in [0.15, 0.2) is 5.96 Å². The minimum absolute atomic E-state index is 0.534. The predicted octanol–water partition coefficient (Wildman–Crippen LogP) is 2.99. The van der Waals surface area contributed by atoms with Gasteiger partial charge in [-0.25, -0.2) is 4.99 Å². The molecule has 0 radical (unpaired) electrons. The highest BCUT2D eigenvalue weighted by atomic mass is 16.5. The van der Waals surface area contributed by atoms with Crippen LogP contribution < -0.4 is 10.6 Å². The Balaban J connectivity index is 1.55. The van der Waals surface area contributed by atoms with Gasteiger partial charge in [-0.15, -0.1) is 0 Å². The highest BCUT2D eigenvalue weighted by Gasteiger charge is 2.12. The number of unbranched alkanes of at least 4 members (excludes halogenated alkanes) is 2. The molecule has 1 fully saturated rings. The van der Waals surface area contributed by atoms with E-state index >= 15 is 0 Å². The average molecular weight is 350 g/mol. The van der Waals surface area contributed by atoms with Gasteiger partial charge in [-0.05, 0) is 45.1 Å². The van der Waals surface area contributed by atoms with Crippen molar-refractivity contribution in [1.29, 1.82) is 0 Å². The molecule has 1 aliphatic rings. The van der Waals surface area contributed by atoms with Crippen molar-refractivity contribution in [3.05, 3.63) is 18.0 Å². The van der Waals surface area contributed by atoms with Crippen LogP contribution in [0.25, 0.3) is 0 Å². The highest BCUT2D eigenvalue weighted by molar-refractivity contribution is 5.79. The Kier molecular flexibility index (Phi) is 9.41. The van der Waals surface area contributed by atoms with Gasteiger partial charge in [0.1, 0.15) is 0 Å². The zero-order chi connectivity index (χ0) is 17.7. The molecular weight excluding hydrogens is 314 g/mol. The Hall–Kier alpha value is -1.56. The summed E-state index contributed by atoms with van der Waals surface area (Å²) in [6.07, 6.45) is 12.4. The topological polar surface area (TPSA) is 63.5 Å². The summed E-state index contributed by atoms with van der Waals surface area (Å²) in [6.45, 7) is 5.46. The fourth-order valence-corrected chi connectivity index (χ4v) is 3.15. The molecule has 25 heavy (non-hydrogen) atoms. The van der Waals surface area contributed by atoms with E-state index in [9.17, 15) is 0 Å². The van der Waals surface area contributed by atoms with Gasteiger partial charge in [-0.3, -0.25) is 4.68 Å². The first-order valence-corrected chi connectivity index (χ1v) is 9.90. The van der Waals surface area contributed by atoms with Crippen molar-refractivity contribution in [3.63, 3.8) is 0 Å². The van der Waals surface area contributed by atoms with E-state index in [0.717, 1.165) is 44.2 Å². The number of guanidine groups is 1. The molecule has 0 aliphatic heterocycles. The van der Waals surface area contributed by atoms with Gasteiger partial charge in [0.25, 0.3) is 0 Å². The first-order valence-electron chi connectivity index (χ1n) is 9.90. The largest absolute Gasteiger partial charge is 0.378 e. The van der Waals surface area contributed by atoms with Crippen molar-refractivity contribution in [2.45, 2.75) is 70.9 Å². The van der Waals surface area contributed by atoms with Crippen LogP contribution in [0.15, 0.2) is 17.3 Å². The molecule has 2 rings (SSSR count). The van der Waals surface area contributed by atoms with Crippen molar-refractivity contribution in [1.82, 2.24) is 20.4 Å². The predicted molar refractivity (Wildman–Crippen MR) is 103 cm³/mol. The zero-order valence-corrected chi connectivity index (χ0v) is 16.0. The summed E-state index contributed by atoms with van der Waals surface area (Å²) in [5.74, 6) is 0.877. The molecular formula is C19H35N5O. The second-order valence-electron chi connectivity index (χ2n) is 6.76. The Bertz CT molecular complexity index is 494. The molecule has 6 nitrogen and oxygen atoms in total. The van der Waals surface area contributed by atoms with Gasteiger partial charge in [0, 0.05) is 32.9 Å². The maximum Gasteiger partial charge on any atom is 0.191 e. The maximum atomic E-state index is 5.98. The Morgan fingerprint density at radius 3 is 2.80 bits per heavy atom. The van der Waals surface area contributed by atoms with E-state index in [0.29, 0.717) is 12.6 Å². The molecule has 1 aromatic heterocycles. The van der Waals surface area contributed by atoms with Crippen molar-refractivity contribution in [2.24, 2.45) is 12.0 Å². The number of aromatic nitrogens is 2. The third kappa shape index (κ3) is 7.90. The molecule has 0 atom stereocenters. The van der Waals surface area contributed by atoms with Crippen LogP contribution in [-0.2, 0) is 18.3 Å². The van der Waals surface area contributed by atoms with Gasteiger partial charge < -0.3 is 15.4 Å². The highest BCUT2D eigenvalue weighted by Crippen LogP contribution is 2.20. The minimum atomic E-state index is 0.534. The molecule has 1 saturated carbocycles. The Morgan fingerprint density at radius 1 is 1.24 bits per heavy atom. The SMILES string of the molecule is CCNC(=NCc1ccnn1C)NCCCCCOC1CCCCC1. The Labute approximate surface area is 152 Å². The summed E-state index contributed by atoms with van der Waals surface area (Å²) in [6, 6.07) is 2.00. The first kappa shape index (κ1) is 19.8. The van der Waals surface area contributed by atoms with Crippen LogP contribution in [0.2, 0.25) is 0 Å². The quantitative estimate of drug-likeness (QED) is 0.387. The van der Waals surface area contributed by atoms with Crippen LogP contribution in [0, 0.1) is 0 Å². The number of aryl methyl sites for hydroxylation is 1. The summed E-state index contributed by atoms with van der Waals surface area (Å²) in [7, 11) is 1.95. The van der Waals surface area contributed by atoms with Crippen molar-refractivity contribution in [2.75, 3.05) is 19.7 Å². The normalized spacial score (nSPS) is 16.2. The number of rotatable bonds is 10. The van der Waals surface area contributed by atoms with E-state index in [-0.39, 0.29) is 0 Å². The van der Waals surface area contributed by atoms with E-state index in [2.05, 4.69) is 27.6 Å². The third-order valence-corrected chi connectivity index (χ3v) is 4.69. The van der Waals surface area contributed by atoms with Crippen LogP contribution in [0.5, 0.6) is 0 Å². The summed E-state index contributed by atoms with van der Waals surface area (Å²) < 4.78 is 7.84. The molecule has 1 aliphatic carbocycles. The second kappa shape index (κ2) is 11.9. The van der Waals surface area contributed by atoms with E-state index in [1.807, 2.05) is 17.8 Å². The second-order valence-corrected chi connectivity index (χ2v) is 6.76. The van der Waals surface area contributed by atoms with Gasteiger partial charge in [-0.1, -0.05) is 19.3 Å². The third-order valence-electron chi connectivity index (χ3n) is 4.69. The van der Waals surface area contributed by atoms with Gasteiger partial charge in [-0.2, -0.15) is 5.10 Å². The standard InChI is InChI=1S/C19H35N5O/c1-3-20-19(22-16-17-12-14-23-24(17)2)21-13-8-5-9-15-25-18-10-6-4-7-11-18/h12,14,18H,3-11,13,15-16H2,1-2H3,(H2,20,21,22). The van der Waals surface area contributed by atoms with Crippen LogP contribution in [0.4, 0.5) is 0 Å². The molecule has 1 heterocycles. The zero-order valence-electron chi connectivity index (χ0n) is 16.0. The van der Waals surface area contributed by atoms with E-state index in [1.165, 1.54) is 38.5 Å². The van der Waals surface area contributed by atoms with Crippen LogP contribution in [0.1, 0.15) is 64.0 Å². The fourth-order valence-electron chi connectivity index (χ4n) is 3.15. The molecule has 0 amide bonds. The van der Waals surface area contributed by atoms with Crippen LogP contribution >= 0.6 is 0 Å². The molecule has 0 aromatic carbocycles. The average Bonchev–Trinajstić information content (AvgIpc) is 3.04. The van der Waals surface area contributed by atoms with Crippen molar-refractivity contribution in [3.8, 4) is 0 Å². The van der Waals surface area contributed by atoms with Gasteiger partial charge >= 0.3 is 0 Å². The lowest BCUT2D eigenvalue weighted by atomic mass is 9.98. The van der Waals surface area contributed by atoms with Gasteiger partial charge in [0.05, 0.1) is 18.3 Å². The molecule has 0 bridgehead atoms. The van der Waals surface area contributed by atoms with Crippen LogP contribution in [-0.4, -0.2) is 41.5 Å². The maximum absolute atomic E-state index is 5.98. The first-order chi connectivity index (χ1) is 12.3. The van der Waals surface area contributed by atoms with Gasteiger partial charge in [0.2, 0.25) is 0 Å². The molecule has 0 spiro atoms. The lowest BCUT2D eigenvalue weighted by Crippen LogP contribution is -2.37. The molecule has 0 saturated heterocycles. The summed E-state index contributed by atoms with van der Waals surface area (Å²) in [4.78, 5) is 4.62. The smallest absolute Gasteiger partial charge is 0.191 e. The van der Waals surface area contributed by atoms with E-state index in [1.54, 1.807) is 6.20 Å². The number of nitrogens with zero attached hydrogens (tertiary/aromatic N) is 3. The van der Waals surface area contributed by atoms with E-state index < -0.39 is 0 Å². The molecule has 2 N–H and O–H groups in total. The minimum Gasteiger partial charge on any atom is -0.378 e. The lowest BCUT2D eigenvalue weighted by molar-refractivity contribution is 0.0264. The van der Waals surface area contributed by atoms with E-state index in [4.69, 9.17) is 4.74 Å². The number of aliphatic imine (C=N–C) groups is 1.